The van der Waals surface area contributed by atoms with E-state index in [-0.39, 0.29) is 42.1 Å². The van der Waals surface area contributed by atoms with E-state index in [1.165, 1.54) is 16.4 Å². The fourth-order valence-corrected chi connectivity index (χ4v) is 4.58. The monoisotopic (exact) mass is 532 g/mol. The summed E-state index contributed by atoms with van der Waals surface area (Å²) in [5, 5.41) is 6.12. The van der Waals surface area contributed by atoms with Crippen LogP contribution >= 0.6 is 24.0 Å². The number of fused-ring (bicyclic) bond motifs is 1. The number of anilines is 1. The lowest BCUT2D eigenvalue weighted by Crippen LogP contribution is -2.42. The lowest BCUT2D eigenvalue weighted by Gasteiger charge is -2.20. The van der Waals surface area contributed by atoms with E-state index in [2.05, 4.69) is 15.6 Å². The number of nitrogens with one attached hydrogen (secondary N) is 2. The molecule has 2 aromatic rings. The van der Waals surface area contributed by atoms with Gasteiger partial charge >= 0.3 is 0 Å². The number of halogens is 2. The minimum atomic E-state index is -3.42. The standard InChI is InChI=1S/C20H25FN4O2S.HI/c1-2-22-20(24-15-16-6-5-8-18(21)14-16)23-11-13-28(26,27)25-12-10-17-7-3-4-9-19(17)25;/h3-9,14H,2,10-13,15H2,1H3,(H2,22,23,24);1H. The maximum absolute atomic E-state index is 13.3. The van der Waals surface area contributed by atoms with Gasteiger partial charge in [0.25, 0.3) is 0 Å². The van der Waals surface area contributed by atoms with Crippen LogP contribution in [0.1, 0.15) is 18.1 Å². The van der Waals surface area contributed by atoms with Gasteiger partial charge in [-0.05, 0) is 42.7 Å². The van der Waals surface area contributed by atoms with Gasteiger partial charge in [-0.2, -0.15) is 0 Å². The van der Waals surface area contributed by atoms with Crippen molar-refractivity contribution >= 4 is 45.6 Å². The smallest absolute Gasteiger partial charge is 0.236 e. The third kappa shape index (κ3) is 6.30. The van der Waals surface area contributed by atoms with E-state index < -0.39 is 10.0 Å². The summed E-state index contributed by atoms with van der Waals surface area (Å²) in [6, 6.07) is 13.8. The summed E-state index contributed by atoms with van der Waals surface area (Å²) in [6.07, 6.45) is 0.737. The second-order valence-corrected chi connectivity index (χ2v) is 8.53. The molecule has 0 atom stereocenters. The first-order valence-electron chi connectivity index (χ1n) is 9.34. The molecule has 6 nitrogen and oxygen atoms in total. The van der Waals surface area contributed by atoms with Gasteiger partial charge in [0, 0.05) is 19.6 Å². The quantitative estimate of drug-likeness (QED) is 0.327. The molecule has 29 heavy (non-hydrogen) atoms. The minimum Gasteiger partial charge on any atom is -0.357 e. The summed E-state index contributed by atoms with van der Waals surface area (Å²) >= 11 is 0. The molecule has 2 aromatic carbocycles. The van der Waals surface area contributed by atoms with E-state index in [0.717, 1.165) is 23.2 Å². The molecule has 0 saturated carbocycles. The summed E-state index contributed by atoms with van der Waals surface area (Å²) < 4.78 is 40.2. The summed E-state index contributed by atoms with van der Waals surface area (Å²) in [5.41, 5.74) is 2.58. The first-order chi connectivity index (χ1) is 13.5. The van der Waals surface area contributed by atoms with Crippen molar-refractivity contribution in [2.45, 2.75) is 19.9 Å². The van der Waals surface area contributed by atoms with E-state index in [1.807, 2.05) is 31.2 Å². The Labute approximate surface area is 188 Å². The first-order valence-corrected chi connectivity index (χ1v) is 11.0. The number of para-hydroxylation sites is 1. The van der Waals surface area contributed by atoms with Crippen molar-refractivity contribution in [3.63, 3.8) is 0 Å². The summed E-state index contributed by atoms with van der Waals surface area (Å²) in [7, 11) is -3.42. The number of sulfonamides is 1. The van der Waals surface area contributed by atoms with Crippen molar-refractivity contribution in [2.24, 2.45) is 4.99 Å². The molecule has 0 amide bonds. The van der Waals surface area contributed by atoms with Crippen molar-refractivity contribution in [1.29, 1.82) is 0 Å². The molecule has 0 spiro atoms. The maximum atomic E-state index is 13.3. The fraction of sp³-hybridized carbons (Fsp3) is 0.350. The highest BCUT2D eigenvalue weighted by Crippen LogP contribution is 2.29. The molecule has 0 aliphatic carbocycles. The van der Waals surface area contributed by atoms with Crippen molar-refractivity contribution < 1.29 is 12.8 Å². The molecule has 3 rings (SSSR count). The molecule has 0 bridgehead atoms. The van der Waals surface area contributed by atoms with E-state index in [0.29, 0.717) is 25.6 Å². The molecule has 0 unspecified atom stereocenters. The van der Waals surface area contributed by atoms with Crippen LogP contribution in [-0.4, -0.2) is 39.8 Å². The molecule has 1 aliphatic heterocycles. The molecule has 1 aliphatic rings. The predicted molar refractivity (Wildman–Crippen MR) is 126 cm³/mol. The highest BCUT2D eigenvalue weighted by Gasteiger charge is 2.28. The number of guanidine groups is 1. The van der Waals surface area contributed by atoms with Crippen LogP contribution in [0.4, 0.5) is 10.1 Å². The minimum absolute atomic E-state index is 0. The van der Waals surface area contributed by atoms with Crippen LogP contribution in [0.2, 0.25) is 0 Å². The highest BCUT2D eigenvalue weighted by atomic mass is 127. The largest absolute Gasteiger partial charge is 0.357 e. The Bertz CT molecular complexity index is 953. The van der Waals surface area contributed by atoms with E-state index in [4.69, 9.17) is 0 Å². The molecular weight excluding hydrogens is 506 g/mol. The van der Waals surface area contributed by atoms with Gasteiger partial charge in [0.1, 0.15) is 5.82 Å². The molecule has 2 N–H and O–H groups in total. The second-order valence-electron chi connectivity index (χ2n) is 6.52. The predicted octanol–water partition coefficient (Wildman–Crippen LogP) is 2.89. The van der Waals surface area contributed by atoms with Crippen molar-refractivity contribution in [1.82, 2.24) is 10.6 Å². The SMILES string of the molecule is CCNC(=NCc1cccc(F)c1)NCCS(=O)(=O)N1CCc2ccccc21.I. The second kappa shape index (κ2) is 10.8. The first kappa shape index (κ1) is 23.4. The Kier molecular flexibility index (Phi) is 8.69. The Hall–Kier alpha value is -1.88. The van der Waals surface area contributed by atoms with Gasteiger partial charge in [-0.3, -0.25) is 4.31 Å². The van der Waals surface area contributed by atoms with Gasteiger partial charge in [0.2, 0.25) is 10.0 Å². The van der Waals surface area contributed by atoms with Crippen LogP contribution in [0.15, 0.2) is 53.5 Å². The third-order valence-corrected chi connectivity index (χ3v) is 6.26. The summed E-state index contributed by atoms with van der Waals surface area (Å²) in [5.74, 6) is 0.164. The lowest BCUT2D eigenvalue weighted by atomic mass is 10.2. The number of hydrogen-bond acceptors (Lipinski definition) is 3. The molecule has 158 valence electrons. The Morgan fingerprint density at radius 3 is 2.72 bits per heavy atom. The van der Waals surface area contributed by atoms with E-state index in [9.17, 15) is 12.8 Å². The van der Waals surface area contributed by atoms with Crippen LogP contribution in [0.25, 0.3) is 0 Å². The zero-order chi connectivity index (χ0) is 20.0. The fourth-order valence-electron chi connectivity index (χ4n) is 3.15. The van der Waals surface area contributed by atoms with Gasteiger partial charge in [0.05, 0.1) is 18.0 Å². The Balaban J connectivity index is 0.00000300. The number of aliphatic imine (C=N–C) groups is 1. The average Bonchev–Trinajstić information content (AvgIpc) is 3.11. The van der Waals surface area contributed by atoms with Crippen LogP contribution in [0.3, 0.4) is 0 Å². The van der Waals surface area contributed by atoms with Crippen molar-refractivity contribution in [3.8, 4) is 0 Å². The summed E-state index contributed by atoms with van der Waals surface area (Å²) in [4.78, 5) is 4.40. The number of benzene rings is 2. The molecule has 0 fully saturated rings. The van der Waals surface area contributed by atoms with Crippen LogP contribution in [0.5, 0.6) is 0 Å². The van der Waals surface area contributed by atoms with E-state index >= 15 is 0 Å². The zero-order valence-corrected chi connectivity index (χ0v) is 19.4. The van der Waals surface area contributed by atoms with E-state index in [1.54, 1.807) is 12.1 Å². The average molecular weight is 532 g/mol. The molecule has 9 heteroatoms. The van der Waals surface area contributed by atoms with Gasteiger partial charge in [0.15, 0.2) is 5.96 Å². The Morgan fingerprint density at radius 1 is 1.17 bits per heavy atom. The molecule has 0 radical (unpaired) electrons. The lowest BCUT2D eigenvalue weighted by molar-refractivity contribution is 0.590. The highest BCUT2D eigenvalue weighted by molar-refractivity contribution is 14.0. The summed E-state index contributed by atoms with van der Waals surface area (Å²) in [6.45, 7) is 3.59. The maximum Gasteiger partial charge on any atom is 0.236 e. The van der Waals surface area contributed by atoms with Crippen LogP contribution in [0, 0.1) is 5.82 Å². The Morgan fingerprint density at radius 2 is 1.97 bits per heavy atom. The topological polar surface area (TPSA) is 73.8 Å². The van der Waals surface area contributed by atoms with Crippen LogP contribution in [-0.2, 0) is 23.0 Å². The molecular formula is C20H26FIN4O2S. The van der Waals surface area contributed by atoms with Crippen molar-refractivity contribution in [3.05, 3.63) is 65.5 Å². The number of nitrogens with zero attached hydrogens (tertiary/aromatic N) is 2. The third-order valence-electron chi connectivity index (χ3n) is 4.49. The zero-order valence-electron chi connectivity index (χ0n) is 16.3. The van der Waals surface area contributed by atoms with Crippen LogP contribution < -0.4 is 14.9 Å². The van der Waals surface area contributed by atoms with Gasteiger partial charge < -0.3 is 10.6 Å². The normalized spacial score (nSPS) is 13.6. The number of rotatable bonds is 7. The molecule has 0 aromatic heterocycles. The van der Waals surface area contributed by atoms with Gasteiger partial charge in [-0.15, -0.1) is 24.0 Å². The van der Waals surface area contributed by atoms with Crippen molar-refractivity contribution in [2.75, 3.05) is 29.7 Å². The molecule has 1 heterocycles. The number of hydrogen-bond donors (Lipinski definition) is 2. The van der Waals surface area contributed by atoms with Gasteiger partial charge in [-0.25, -0.2) is 17.8 Å². The van der Waals surface area contributed by atoms with Gasteiger partial charge in [-0.1, -0.05) is 30.3 Å². The molecule has 0 saturated heterocycles.